The highest BCUT2D eigenvalue weighted by Crippen LogP contribution is 2.04. The van der Waals surface area contributed by atoms with Gasteiger partial charge in [-0.15, -0.1) is 11.6 Å². The molecule has 0 unspecified atom stereocenters. The summed E-state index contributed by atoms with van der Waals surface area (Å²) < 4.78 is 4.78. The van der Waals surface area contributed by atoms with E-state index in [0.29, 0.717) is 31.6 Å². The van der Waals surface area contributed by atoms with E-state index in [1.165, 1.54) is 6.08 Å². The summed E-state index contributed by atoms with van der Waals surface area (Å²) in [5.41, 5.74) is 0. The Hall–Kier alpha value is -0.830. The number of ketones is 1. The summed E-state index contributed by atoms with van der Waals surface area (Å²) in [6, 6.07) is 0. The van der Waals surface area contributed by atoms with Gasteiger partial charge in [-0.05, 0) is 12.8 Å². The van der Waals surface area contributed by atoms with Crippen LogP contribution in [-0.4, -0.2) is 24.2 Å². The van der Waals surface area contributed by atoms with Crippen LogP contribution in [0.4, 0.5) is 0 Å². The zero-order chi connectivity index (χ0) is 11.5. The molecule has 0 bridgehead atoms. The Morgan fingerprint density at radius 1 is 1.20 bits per heavy atom. The van der Waals surface area contributed by atoms with Crippen molar-refractivity contribution in [2.75, 3.05) is 12.5 Å². The molecule has 0 rings (SSSR count). The van der Waals surface area contributed by atoms with Crippen molar-refractivity contribution in [3.05, 3.63) is 12.7 Å². The molecule has 0 atom stereocenters. The quantitative estimate of drug-likeness (QED) is 0.266. The Bertz CT molecular complexity index is 214. The molecule has 0 aromatic carbocycles. The van der Waals surface area contributed by atoms with Crippen LogP contribution in [0.2, 0.25) is 0 Å². The first-order valence-electron chi connectivity index (χ1n) is 5.05. The number of rotatable bonds is 9. The fourth-order valence-electron chi connectivity index (χ4n) is 1.05. The van der Waals surface area contributed by atoms with Gasteiger partial charge in [0.15, 0.2) is 0 Å². The smallest absolute Gasteiger partial charge is 0.306 e. The van der Waals surface area contributed by atoms with Crippen molar-refractivity contribution in [1.29, 1.82) is 0 Å². The number of carbonyl (C=O) groups excluding carboxylic acids is 2. The third-order valence-electron chi connectivity index (χ3n) is 1.82. The van der Waals surface area contributed by atoms with Crippen molar-refractivity contribution in [2.45, 2.75) is 32.1 Å². The first-order chi connectivity index (χ1) is 7.20. The van der Waals surface area contributed by atoms with E-state index >= 15 is 0 Å². The third kappa shape index (κ3) is 9.47. The lowest BCUT2D eigenvalue weighted by Gasteiger charge is -2.01. The summed E-state index contributed by atoms with van der Waals surface area (Å²) in [4.78, 5) is 22.0. The number of carbonyl (C=O) groups is 2. The minimum atomic E-state index is -0.236. The van der Waals surface area contributed by atoms with Crippen molar-refractivity contribution in [3.63, 3.8) is 0 Å². The highest BCUT2D eigenvalue weighted by Gasteiger charge is 2.04. The van der Waals surface area contributed by atoms with E-state index in [0.717, 1.165) is 6.42 Å². The number of halogens is 1. The standard InChI is InChI=1S/C11H17ClO3/c1-2-9-15-11(14)6-4-3-5-10(13)7-8-12/h2H,1,3-9H2. The molecule has 0 aliphatic heterocycles. The second kappa shape index (κ2) is 9.71. The van der Waals surface area contributed by atoms with E-state index in [9.17, 15) is 9.59 Å². The predicted octanol–water partition coefficient (Wildman–Crippen LogP) is 2.47. The van der Waals surface area contributed by atoms with Crippen LogP contribution in [0.3, 0.4) is 0 Å². The molecule has 0 N–H and O–H groups in total. The normalized spacial score (nSPS) is 9.67. The maximum atomic E-state index is 11.0. The first-order valence-corrected chi connectivity index (χ1v) is 5.58. The highest BCUT2D eigenvalue weighted by atomic mass is 35.5. The number of hydrogen-bond donors (Lipinski definition) is 0. The van der Waals surface area contributed by atoms with E-state index in [-0.39, 0.29) is 18.4 Å². The largest absolute Gasteiger partial charge is 0.461 e. The number of esters is 1. The number of ether oxygens (including phenoxy) is 1. The molecule has 0 radical (unpaired) electrons. The molecule has 0 fully saturated rings. The van der Waals surface area contributed by atoms with Crippen LogP contribution in [-0.2, 0) is 14.3 Å². The highest BCUT2D eigenvalue weighted by molar-refractivity contribution is 6.19. The van der Waals surface area contributed by atoms with Gasteiger partial charge in [-0.1, -0.05) is 12.7 Å². The molecule has 0 saturated carbocycles. The van der Waals surface area contributed by atoms with Crippen LogP contribution >= 0.6 is 11.6 Å². The molecule has 4 heteroatoms. The molecule has 0 aromatic rings. The summed E-state index contributed by atoms with van der Waals surface area (Å²) >= 11 is 5.41. The fraction of sp³-hybridized carbons (Fsp3) is 0.636. The van der Waals surface area contributed by atoms with Crippen molar-refractivity contribution >= 4 is 23.4 Å². The molecule has 0 aliphatic rings. The molecule has 0 aliphatic carbocycles. The van der Waals surface area contributed by atoms with Crippen LogP contribution in [0.25, 0.3) is 0 Å². The number of unbranched alkanes of at least 4 members (excludes halogenated alkanes) is 1. The van der Waals surface area contributed by atoms with Crippen molar-refractivity contribution in [2.24, 2.45) is 0 Å². The van der Waals surface area contributed by atoms with E-state index in [2.05, 4.69) is 6.58 Å². The molecule has 0 aromatic heterocycles. The minimum Gasteiger partial charge on any atom is -0.461 e. The molecular formula is C11H17ClO3. The lowest BCUT2D eigenvalue weighted by atomic mass is 10.1. The van der Waals surface area contributed by atoms with Gasteiger partial charge in [0.05, 0.1) is 0 Å². The predicted molar refractivity (Wildman–Crippen MR) is 60.0 cm³/mol. The van der Waals surface area contributed by atoms with Crippen LogP contribution in [0, 0.1) is 0 Å². The lowest BCUT2D eigenvalue weighted by Crippen LogP contribution is -2.04. The second-order valence-corrected chi connectivity index (χ2v) is 3.53. The fourth-order valence-corrected chi connectivity index (χ4v) is 1.26. The van der Waals surface area contributed by atoms with Crippen molar-refractivity contribution < 1.29 is 14.3 Å². The Labute approximate surface area is 95.4 Å². The Balaban J connectivity index is 3.33. The molecule has 86 valence electrons. The van der Waals surface area contributed by atoms with E-state index in [4.69, 9.17) is 16.3 Å². The van der Waals surface area contributed by atoms with Crippen LogP contribution < -0.4 is 0 Å². The summed E-state index contributed by atoms with van der Waals surface area (Å²) in [6.07, 6.45) is 4.22. The number of Topliss-reactive ketones (excluding diaryl/α,β-unsaturated/α-hetero) is 1. The van der Waals surface area contributed by atoms with E-state index in [1.807, 2.05) is 0 Å². The number of alkyl halides is 1. The summed E-state index contributed by atoms with van der Waals surface area (Å²) in [6.45, 7) is 3.69. The van der Waals surface area contributed by atoms with Gasteiger partial charge in [-0.3, -0.25) is 9.59 Å². The number of hydrogen-bond acceptors (Lipinski definition) is 3. The summed E-state index contributed by atoms with van der Waals surface area (Å²) in [7, 11) is 0. The van der Waals surface area contributed by atoms with Gasteiger partial charge in [0.2, 0.25) is 0 Å². The van der Waals surface area contributed by atoms with Gasteiger partial charge in [-0.25, -0.2) is 0 Å². The molecular weight excluding hydrogens is 216 g/mol. The zero-order valence-electron chi connectivity index (χ0n) is 8.84. The Morgan fingerprint density at radius 3 is 2.47 bits per heavy atom. The summed E-state index contributed by atoms with van der Waals surface area (Å²) in [5, 5.41) is 0. The molecule has 0 spiro atoms. The van der Waals surface area contributed by atoms with Gasteiger partial charge in [0.1, 0.15) is 12.4 Å². The topological polar surface area (TPSA) is 43.4 Å². The SMILES string of the molecule is C=CCOC(=O)CCCCC(=O)CCCl. The van der Waals surface area contributed by atoms with Gasteiger partial charge in [0, 0.05) is 25.1 Å². The molecule has 3 nitrogen and oxygen atoms in total. The zero-order valence-corrected chi connectivity index (χ0v) is 9.59. The minimum absolute atomic E-state index is 0.157. The average Bonchev–Trinajstić information content (AvgIpc) is 2.22. The van der Waals surface area contributed by atoms with Crippen molar-refractivity contribution in [3.8, 4) is 0 Å². The van der Waals surface area contributed by atoms with E-state index in [1.54, 1.807) is 0 Å². The Morgan fingerprint density at radius 2 is 1.87 bits per heavy atom. The Kier molecular flexibility index (Phi) is 9.18. The maximum absolute atomic E-state index is 11.0. The van der Waals surface area contributed by atoms with Crippen LogP contribution in [0.5, 0.6) is 0 Å². The molecule has 0 heterocycles. The van der Waals surface area contributed by atoms with Crippen LogP contribution in [0.15, 0.2) is 12.7 Å². The van der Waals surface area contributed by atoms with Crippen LogP contribution in [0.1, 0.15) is 32.1 Å². The maximum Gasteiger partial charge on any atom is 0.306 e. The lowest BCUT2D eigenvalue weighted by molar-refractivity contribution is -0.142. The summed E-state index contributed by atoms with van der Waals surface area (Å²) in [5.74, 6) is 0.296. The monoisotopic (exact) mass is 232 g/mol. The van der Waals surface area contributed by atoms with Gasteiger partial charge in [-0.2, -0.15) is 0 Å². The first kappa shape index (κ1) is 14.2. The molecule has 15 heavy (non-hydrogen) atoms. The van der Waals surface area contributed by atoms with Crippen molar-refractivity contribution in [1.82, 2.24) is 0 Å². The second-order valence-electron chi connectivity index (χ2n) is 3.16. The molecule has 0 amide bonds. The van der Waals surface area contributed by atoms with Gasteiger partial charge >= 0.3 is 5.97 Å². The van der Waals surface area contributed by atoms with Gasteiger partial charge < -0.3 is 4.74 Å². The van der Waals surface area contributed by atoms with E-state index < -0.39 is 0 Å². The average molecular weight is 233 g/mol. The third-order valence-corrected chi connectivity index (χ3v) is 2.01. The molecule has 0 saturated heterocycles. The van der Waals surface area contributed by atoms with Gasteiger partial charge in [0.25, 0.3) is 0 Å².